The molecule has 9 nitrogen and oxygen atoms in total. The van der Waals surface area contributed by atoms with E-state index in [-0.39, 0.29) is 17.8 Å². The lowest BCUT2D eigenvalue weighted by atomic mass is 10.2. The molecule has 0 spiro atoms. The monoisotopic (exact) mass is 465 g/mol. The minimum Gasteiger partial charge on any atom is -0.316 e. The van der Waals surface area contributed by atoms with E-state index in [0.717, 1.165) is 10.8 Å². The largest absolute Gasteiger partial charge is 0.328 e. The molecule has 0 bridgehead atoms. The predicted molar refractivity (Wildman–Crippen MR) is 126 cm³/mol. The van der Waals surface area contributed by atoms with Gasteiger partial charge < -0.3 is 10.3 Å². The summed E-state index contributed by atoms with van der Waals surface area (Å²) >= 11 is 6.14. The number of H-pyrrole nitrogens is 1. The maximum Gasteiger partial charge on any atom is 0.328 e. The molecule has 4 rings (SSSR count). The number of carbonyl (C=O) groups excluding carboxylic acids is 1. The van der Waals surface area contributed by atoms with Crippen LogP contribution in [0.4, 0.5) is 5.69 Å². The van der Waals surface area contributed by atoms with Crippen LogP contribution in [0.15, 0.2) is 75.2 Å². The van der Waals surface area contributed by atoms with Crippen molar-refractivity contribution in [2.45, 2.75) is 13.5 Å². The summed E-state index contributed by atoms with van der Waals surface area (Å²) in [5, 5.41) is 2.92. The summed E-state index contributed by atoms with van der Waals surface area (Å²) in [5.74, 6) is -0.810. The van der Waals surface area contributed by atoms with Crippen molar-refractivity contribution in [3.05, 3.63) is 114 Å². The van der Waals surface area contributed by atoms with Gasteiger partial charge in [-0.25, -0.2) is 9.48 Å². The molecule has 0 radical (unpaired) electrons. The van der Waals surface area contributed by atoms with E-state index >= 15 is 0 Å². The third-order valence-electron chi connectivity index (χ3n) is 5.38. The Morgan fingerprint density at radius 1 is 1.00 bits per heavy atom. The van der Waals surface area contributed by atoms with Gasteiger partial charge in [0.1, 0.15) is 11.3 Å². The molecule has 1 amide bonds. The van der Waals surface area contributed by atoms with Gasteiger partial charge in [0.05, 0.1) is 17.9 Å². The number of aromatic nitrogens is 4. The Balaban J connectivity index is 1.71. The molecule has 33 heavy (non-hydrogen) atoms. The van der Waals surface area contributed by atoms with Crippen molar-refractivity contribution in [1.82, 2.24) is 18.9 Å². The van der Waals surface area contributed by atoms with Gasteiger partial charge in [0.15, 0.2) is 0 Å². The highest BCUT2D eigenvalue weighted by atomic mass is 35.5. The van der Waals surface area contributed by atoms with Crippen LogP contribution in [0.2, 0.25) is 5.02 Å². The van der Waals surface area contributed by atoms with Crippen LogP contribution >= 0.6 is 11.6 Å². The second-order valence-electron chi connectivity index (χ2n) is 7.38. The number of hydrogen-bond acceptors (Lipinski definition) is 4. The minimum atomic E-state index is -0.810. The van der Waals surface area contributed by atoms with Crippen molar-refractivity contribution >= 4 is 23.2 Å². The summed E-state index contributed by atoms with van der Waals surface area (Å²) in [6, 6.07) is 15.7. The first-order valence-electron chi connectivity index (χ1n) is 10.0. The fraction of sp³-hybridized carbons (Fsp3) is 0.130. The summed E-state index contributed by atoms with van der Waals surface area (Å²) < 4.78 is 3.90. The lowest BCUT2D eigenvalue weighted by Crippen LogP contribution is -2.39. The van der Waals surface area contributed by atoms with E-state index in [2.05, 4.69) is 10.3 Å². The van der Waals surface area contributed by atoms with E-state index in [1.54, 1.807) is 67.2 Å². The van der Waals surface area contributed by atoms with Gasteiger partial charge in [-0.05, 0) is 30.7 Å². The number of benzene rings is 2. The molecule has 0 fully saturated rings. The number of rotatable bonds is 5. The van der Waals surface area contributed by atoms with E-state index in [1.165, 1.54) is 4.68 Å². The summed E-state index contributed by atoms with van der Waals surface area (Å²) in [6.45, 7) is 1.57. The smallest absolute Gasteiger partial charge is 0.316 e. The van der Waals surface area contributed by atoms with Crippen LogP contribution in [0.3, 0.4) is 0 Å². The van der Waals surface area contributed by atoms with Crippen molar-refractivity contribution in [2.75, 3.05) is 5.32 Å². The first-order valence-corrected chi connectivity index (χ1v) is 10.4. The average Bonchev–Trinajstić information content (AvgIpc) is 3.01. The summed E-state index contributed by atoms with van der Waals surface area (Å²) in [6.07, 6.45) is 1.04. The average molecular weight is 466 g/mol. The Morgan fingerprint density at radius 3 is 2.36 bits per heavy atom. The number of nitrogens with one attached hydrogen (secondary N) is 2. The zero-order valence-corrected chi connectivity index (χ0v) is 18.6. The van der Waals surface area contributed by atoms with Crippen LogP contribution in [0, 0.1) is 6.92 Å². The second kappa shape index (κ2) is 8.79. The van der Waals surface area contributed by atoms with E-state index in [9.17, 15) is 19.2 Å². The molecule has 168 valence electrons. The molecule has 2 aromatic carbocycles. The number of amides is 1. The molecule has 0 aliphatic heterocycles. The van der Waals surface area contributed by atoms with Gasteiger partial charge in [0.2, 0.25) is 0 Å². The first kappa shape index (κ1) is 22.1. The normalized spacial score (nSPS) is 10.9. The van der Waals surface area contributed by atoms with Crippen LogP contribution in [0.25, 0.3) is 5.69 Å². The summed E-state index contributed by atoms with van der Waals surface area (Å²) in [4.78, 5) is 53.6. The number of carbonyl (C=O) groups is 1. The van der Waals surface area contributed by atoms with Crippen molar-refractivity contribution < 1.29 is 4.79 Å². The number of anilines is 1. The van der Waals surface area contributed by atoms with Gasteiger partial charge in [-0.1, -0.05) is 48.0 Å². The molecule has 0 saturated carbocycles. The van der Waals surface area contributed by atoms with E-state index < -0.39 is 22.7 Å². The first-order chi connectivity index (χ1) is 15.8. The Hall–Kier alpha value is -4.11. The zero-order chi connectivity index (χ0) is 23.7. The number of aromatic amines is 1. The van der Waals surface area contributed by atoms with Gasteiger partial charge >= 0.3 is 5.69 Å². The molecule has 0 unspecified atom stereocenters. The highest BCUT2D eigenvalue weighted by Crippen LogP contribution is 2.16. The second-order valence-corrected chi connectivity index (χ2v) is 7.79. The molecule has 2 aromatic heterocycles. The lowest BCUT2D eigenvalue weighted by molar-refractivity contribution is 0.102. The highest BCUT2D eigenvalue weighted by molar-refractivity contribution is 6.31. The van der Waals surface area contributed by atoms with E-state index in [0.29, 0.717) is 22.0 Å². The standard InChI is InChI=1S/C23H20ClN5O4/c1-14-19(22(32)29(27(14)2)16-9-4-3-5-10-16)26-20(30)17-12-25-23(33)28(21(17)31)13-15-8-6-7-11-18(15)24/h3-12H,13H2,1-2H3,(H,25,33)(H,26,30). The highest BCUT2D eigenvalue weighted by Gasteiger charge is 2.21. The van der Waals surface area contributed by atoms with E-state index in [1.807, 2.05) is 6.07 Å². The van der Waals surface area contributed by atoms with Crippen molar-refractivity contribution in [3.63, 3.8) is 0 Å². The van der Waals surface area contributed by atoms with Crippen molar-refractivity contribution in [3.8, 4) is 5.69 Å². The van der Waals surface area contributed by atoms with Crippen LogP contribution in [0.1, 0.15) is 21.6 Å². The van der Waals surface area contributed by atoms with Crippen molar-refractivity contribution in [1.29, 1.82) is 0 Å². The number of halogens is 1. The Kier molecular flexibility index (Phi) is 5.89. The Morgan fingerprint density at radius 2 is 1.67 bits per heavy atom. The Bertz CT molecular complexity index is 1530. The SMILES string of the molecule is Cc1c(NC(=O)c2c[nH]c(=O)n(Cc3ccccc3Cl)c2=O)c(=O)n(-c2ccccc2)n1C. The topological polar surface area (TPSA) is 111 Å². The maximum atomic E-state index is 13.0. The van der Waals surface area contributed by atoms with Gasteiger partial charge in [0.25, 0.3) is 17.0 Å². The third-order valence-corrected chi connectivity index (χ3v) is 5.75. The number of nitrogens with zero attached hydrogens (tertiary/aromatic N) is 3. The third kappa shape index (κ3) is 4.06. The van der Waals surface area contributed by atoms with Crippen LogP contribution < -0.4 is 22.1 Å². The van der Waals surface area contributed by atoms with E-state index in [4.69, 9.17) is 11.6 Å². The van der Waals surface area contributed by atoms with Gasteiger partial charge in [-0.2, -0.15) is 0 Å². The van der Waals surface area contributed by atoms with Crippen LogP contribution in [0.5, 0.6) is 0 Å². The molecule has 0 aliphatic rings. The van der Waals surface area contributed by atoms with Crippen molar-refractivity contribution in [2.24, 2.45) is 7.05 Å². The van der Waals surface area contributed by atoms with Gasteiger partial charge in [0, 0.05) is 18.3 Å². The molecule has 2 heterocycles. The molecular formula is C23H20ClN5O4. The molecule has 0 saturated heterocycles. The maximum absolute atomic E-state index is 13.0. The molecule has 10 heteroatoms. The van der Waals surface area contributed by atoms with Gasteiger partial charge in [-0.15, -0.1) is 0 Å². The fourth-order valence-electron chi connectivity index (χ4n) is 3.51. The Labute approximate surface area is 192 Å². The summed E-state index contributed by atoms with van der Waals surface area (Å²) in [7, 11) is 1.69. The molecular weight excluding hydrogens is 446 g/mol. The van der Waals surface area contributed by atoms with Crippen LogP contribution in [-0.4, -0.2) is 24.8 Å². The molecule has 4 aromatic rings. The molecule has 0 aliphatic carbocycles. The number of hydrogen-bond donors (Lipinski definition) is 2. The summed E-state index contributed by atoms with van der Waals surface area (Å²) in [5.41, 5.74) is -0.529. The quantitative estimate of drug-likeness (QED) is 0.471. The number of para-hydroxylation sites is 1. The zero-order valence-electron chi connectivity index (χ0n) is 17.8. The lowest BCUT2D eigenvalue weighted by Gasteiger charge is -2.09. The van der Waals surface area contributed by atoms with Crippen LogP contribution in [-0.2, 0) is 13.6 Å². The minimum absolute atomic E-state index is 0.0367. The fourth-order valence-corrected chi connectivity index (χ4v) is 3.70. The van der Waals surface area contributed by atoms with Gasteiger partial charge in [-0.3, -0.25) is 23.6 Å². The molecule has 0 atom stereocenters. The molecule has 2 N–H and O–H groups in total. The predicted octanol–water partition coefficient (Wildman–Crippen LogP) is 2.29.